The van der Waals surface area contributed by atoms with Gasteiger partial charge in [-0.3, -0.25) is 0 Å². The molecule has 0 amide bonds. The molecule has 248 valence electrons. The van der Waals surface area contributed by atoms with Crippen LogP contribution in [0.15, 0.2) is 115 Å². The van der Waals surface area contributed by atoms with E-state index in [0.29, 0.717) is 27.1 Å². The van der Waals surface area contributed by atoms with Crippen molar-refractivity contribution in [3.8, 4) is 16.9 Å². The molecule has 0 fully saturated rings. The fourth-order valence-corrected chi connectivity index (χ4v) is 7.69. The molecular weight excluding hydrogens is 663 g/mol. The van der Waals surface area contributed by atoms with E-state index in [0.717, 1.165) is 39.4 Å². The van der Waals surface area contributed by atoms with E-state index >= 15 is 0 Å². The molecule has 1 unspecified atom stereocenters. The van der Waals surface area contributed by atoms with Crippen LogP contribution in [0.2, 0.25) is 10.0 Å². The molecule has 0 bridgehead atoms. The zero-order valence-corrected chi connectivity index (χ0v) is 29.0. The number of aliphatic hydroxyl groups is 1. The maximum atomic E-state index is 12.7. The van der Waals surface area contributed by atoms with Crippen molar-refractivity contribution in [3.05, 3.63) is 148 Å². The maximum absolute atomic E-state index is 12.7. The van der Waals surface area contributed by atoms with Crippen molar-refractivity contribution < 1.29 is 13.5 Å². The Hall–Kier alpha value is -4.24. The summed E-state index contributed by atoms with van der Waals surface area (Å²) in [6, 6.07) is 31.4. The fourth-order valence-electron chi connectivity index (χ4n) is 6.14. The number of nitrogens with zero attached hydrogens (tertiary/aromatic N) is 3. The first-order valence-corrected chi connectivity index (χ1v) is 18.4. The minimum absolute atomic E-state index is 0.265. The van der Waals surface area contributed by atoms with Crippen molar-refractivity contribution in [2.75, 3.05) is 4.31 Å². The Balaban J connectivity index is 1.44. The van der Waals surface area contributed by atoms with E-state index in [1.54, 1.807) is 30.3 Å². The van der Waals surface area contributed by atoms with E-state index in [4.69, 9.17) is 28.2 Å². The molecule has 4 aromatic carbocycles. The summed E-state index contributed by atoms with van der Waals surface area (Å²) >= 11 is 12.9. The van der Waals surface area contributed by atoms with Gasteiger partial charge in [-0.2, -0.15) is 8.42 Å². The summed E-state index contributed by atoms with van der Waals surface area (Å²) in [7, 11) is -3.98. The third kappa shape index (κ3) is 7.57. The summed E-state index contributed by atoms with van der Waals surface area (Å²) < 4.78 is 30.6. The predicted octanol–water partition coefficient (Wildman–Crippen LogP) is 9.94. The van der Waals surface area contributed by atoms with Crippen LogP contribution in [0.4, 0.5) is 5.69 Å². The molecule has 0 saturated heterocycles. The number of unbranched alkanes of at least 4 members (excludes halogenated alkanes) is 5. The molecule has 0 aliphatic carbocycles. The molecule has 0 saturated carbocycles. The van der Waals surface area contributed by atoms with Gasteiger partial charge < -0.3 is 9.67 Å². The van der Waals surface area contributed by atoms with Gasteiger partial charge in [0.1, 0.15) is 5.82 Å². The highest BCUT2D eigenvalue weighted by molar-refractivity contribution is 7.91. The molecule has 2 heterocycles. The molecule has 10 heteroatoms. The van der Waals surface area contributed by atoms with Gasteiger partial charge in [0.2, 0.25) is 5.88 Å². The molecule has 6 rings (SSSR count). The van der Waals surface area contributed by atoms with Gasteiger partial charge in [-0.1, -0.05) is 123 Å². The first kappa shape index (κ1) is 33.7. The number of imidazole rings is 1. The average Bonchev–Trinajstić information content (AvgIpc) is 3.63. The highest BCUT2D eigenvalue weighted by Crippen LogP contribution is 2.38. The number of benzene rings is 4. The van der Waals surface area contributed by atoms with Crippen molar-refractivity contribution in [3.63, 3.8) is 0 Å². The zero-order valence-electron chi connectivity index (χ0n) is 26.7. The van der Waals surface area contributed by atoms with Gasteiger partial charge in [0.25, 0.3) is 0 Å². The Bertz CT molecular complexity index is 2010. The monoisotopic (exact) mass is 700 g/mol. The second kappa shape index (κ2) is 14.9. The van der Waals surface area contributed by atoms with Gasteiger partial charge in [0.15, 0.2) is 0 Å². The molecule has 48 heavy (non-hydrogen) atoms. The lowest BCUT2D eigenvalue weighted by molar-refractivity contribution is 0.392. The van der Waals surface area contributed by atoms with Crippen LogP contribution in [-0.2, 0) is 16.6 Å². The Morgan fingerprint density at radius 1 is 0.812 bits per heavy atom. The molecule has 5 aromatic rings. The number of anilines is 1. The average molecular weight is 702 g/mol. The van der Waals surface area contributed by atoms with Crippen LogP contribution in [0, 0.1) is 0 Å². The number of aliphatic hydroxyl groups excluding tert-OH is 1. The van der Waals surface area contributed by atoms with E-state index in [2.05, 4.69) is 48.0 Å². The first-order chi connectivity index (χ1) is 23.2. The normalized spacial score (nSPS) is 14.5. The highest BCUT2D eigenvalue weighted by Gasteiger charge is 2.30. The summed E-state index contributed by atoms with van der Waals surface area (Å²) in [4.78, 5) is 5.22. The lowest BCUT2D eigenvalue weighted by Gasteiger charge is -2.21. The molecule has 1 aliphatic rings. The Morgan fingerprint density at radius 3 is 2.23 bits per heavy atom. The quantitative estimate of drug-likeness (QED) is 0.120. The molecule has 1 aliphatic heterocycles. The number of aryl methyl sites for hydroxylation is 1. The third-order valence-corrected chi connectivity index (χ3v) is 10.4. The van der Waals surface area contributed by atoms with Gasteiger partial charge in [-0.25, -0.2) is 14.0 Å². The number of hydrogen-bond acceptors (Lipinski definition) is 4. The van der Waals surface area contributed by atoms with E-state index in [-0.39, 0.29) is 5.92 Å². The topological polar surface area (TPSA) is 87.5 Å². The second-order valence-corrected chi connectivity index (χ2v) is 14.4. The number of rotatable bonds is 13. The van der Waals surface area contributed by atoms with E-state index in [9.17, 15) is 13.5 Å². The maximum Gasteiger partial charge on any atom is 0.330 e. The van der Waals surface area contributed by atoms with Crippen LogP contribution in [-0.4, -0.2) is 23.1 Å². The van der Waals surface area contributed by atoms with Crippen molar-refractivity contribution in [2.45, 2.75) is 57.8 Å². The standard InChI is InChI=1S/C38H38Cl2N4O3S/c1-2-3-4-5-6-8-12-27-17-19-29(20-18-27)37(28-13-9-7-10-14-28)38-41-35(33-22-21-30(39)23-34(33)40)25-43(38)31-15-11-16-32(24-31)44-26-36(45)42-48(44,46)47/h7,9-11,13-26,37,42,45H,2-6,8,12H2,1H3. The van der Waals surface area contributed by atoms with Crippen molar-refractivity contribution in [1.29, 1.82) is 0 Å². The minimum Gasteiger partial charge on any atom is -0.493 e. The van der Waals surface area contributed by atoms with Gasteiger partial charge in [0.05, 0.1) is 28.5 Å². The molecule has 1 atom stereocenters. The molecule has 7 nitrogen and oxygen atoms in total. The Kier molecular flexibility index (Phi) is 10.4. The number of halogens is 2. The zero-order chi connectivity index (χ0) is 33.7. The largest absolute Gasteiger partial charge is 0.493 e. The lowest BCUT2D eigenvalue weighted by Crippen LogP contribution is -2.29. The van der Waals surface area contributed by atoms with Crippen LogP contribution in [0.3, 0.4) is 0 Å². The summed E-state index contributed by atoms with van der Waals surface area (Å²) in [5, 5.41) is 10.9. The third-order valence-electron chi connectivity index (χ3n) is 8.56. The molecule has 1 aromatic heterocycles. The summed E-state index contributed by atoms with van der Waals surface area (Å²) in [5.41, 5.74) is 5.83. The van der Waals surface area contributed by atoms with Crippen LogP contribution in [0.5, 0.6) is 0 Å². The van der Waals surface area contributed by atoms with Crippen molar-refractivity contribution in [1.82, 2.24) is 14.3 Å². The summed E-state index contributed by atoms with van der Waals surface area (Å²) in [5.74, 6) is 0.00945. The number of nitrogens with one attached hydrogen (secondary N) is 1. The van der Waals surface area contributed by atoms with Crippen LogP contribution in [0.25, 0.3) is 16.9 Å². The second-order valence-electron chi connectivity index (χ2n) is 12.0. The number of aromatic nitrogens is 2. The molecule has 0 spiro atoms. The summed E-state index contributed by atoms with van der Waals surface area (Å²) in [6.07, 6.45) is 11.6. The van der Waals surface area contributed by atoms with Gasteiger partial charge in [-0.05, 0) is 65.9 Å². The lowest BCUT2D eigenvalue weighted by atomic mass is 9.89. The van der Waals surface area contributed by atoms with E-state index < -0.39 is 16.1 Å². The predicted molar refractivity (Wildman–Crippen MR) is 195 cm³/mol. The SMILES string of the molecule is CCCCCCCCc1ccc(C(c2ccccc2)c2nc(-c3ccc(Cl)cc3Cl)cn2-c2cccc(N3C=C(O)NS3(=O)=O)c2)cc1. The van der Waals surface area contributed by atoms with Crippen LogP contribution >= 0.6 is 23.2 Å². The van der Waals surface area contributed by atoms with E-state index in [1.165, 1.54) is 44.1 Å². The van der Waals surface area contributed by atoms with Gasteiger partial charge in [0, 0.05) is 22.5 Å². The smallest absolute Gasteiger partial charge is 0.330 e. The van der Waals surface area contributed by atoms with Crippen molar-refractivity contribution in [2.24, 2.45) is 0 Å². The number of hydrogen-bond donors (Lipinski definition) is 2. The first-order valence-electron chi connectivity index (χ1n) is 16.3. The fraction of sp³-hybridized carbons (Fsp3) is 0.237. The Labute approximate surface area is 292 Å². The van der Waals surface area contributed by atoms with Gasteiger partial charge in [-0.15, -0.1) is 0 Å². The highest BCUT2D eigenvalue weighted by atomic mass is 35.5. The summed E-state index contributed by atoms with van der Waals surface area (Å²) in [6.45, 7) is 2.24. The van der Waals surface area contributed by atoms with E-state index in [1.807, 2.05) is 41.1 Å². The molecule has 0 radical (unpaired) electrons. The van der Waals surface area contributed by atoms with Crippen molar-refractivity contribution >= 4 is 39.1 Å². The van der Waals surface area contributed by atoms with Crippen LogP contribution < -0.4 is 9.03 Å². The molecular formula is C38H38Cl2N4O3S. The molecule has 2 N–H and O–H groups in total. The Morgan fingerprint density at radius 2 is 1.52 bits per heavy atom. The van der Waals surface area contributed by atoms with Gasteiger partial charge >= 0.3 is 10.2 Å². The van der Waals surface area contributed by atoms with Crippen LogP contribution in [0.1, 0.15) is 73.9 Å². The minimum atomic E-state index is -3.98.